The van der Waals surface area contributed by atoms with Crippen molar-refractivity contribution in [2.45, 2.75) is 11.8 Å². The Bertz CT molecular complexity index is 1390. The summed E-state index contributed by atoms with van der Waals surface area (Å²) in [6.07, 6.45) is 3.82. The number of hydrogen-bond acceptors (Lipinski definition) is 6. The minimum Gasteiger partial charge on any atom is -0.378 e. The third-order valence-electron chi connectivity index (χ3n) is 5.43. The molecule has 0 spiro atoms. The number of morpholine rings is 1. The van der Waals surface area contributed by atoms with E-state index in [1.165, 1.54) is 15.9 Å². The van der Waals surface area contributed by atoms with Crippen molar-refractivity contribution in [3.05, 3.63) is 79.2 Å². The lowest BCUT2D eigenvalue weighted by atomic mass is 10.2. The zero-order valence-corrected chi connectivity index (χ0v) is 20.0. The summed E-state index contributed by atoms with van der Waals surface area (Å²) in [7, 11) is 0. The molecule has 33 heavy (non-hydrogen) atoms. The third-order valence-corrected chi connectivity index (χ3v) is 7.27. The third kappa shape index (κ3) is 4.81. The number of nitrogens with zero attached hydrogens (tertiary/aromatic N) is 3. The lowest BCUT2D eigenvalue weighted by molar-refractivity contribution is -0.128. The predicted molar refractivity (Wildman–Crippen MR) is 132 cm³/mol. The Morgan fingerprint density at radius 2 is 1.85 bits per heavy atom. The molecule has 0 unspecified atom stereocenters. The SMILES string of the molecule is CSc1ccc(C=c2sc(=C(C#N)C(=O)N3CCOCC3)n(-c3ccccc3C)c2=O)cc1. The second kappa shape index (κ2) is 10.2. The van der Waals surface area contributed by atoms with Crippen LogP contribution in [-0.4, -0.2) is 47.9 Å². The number of hydrogen-bond donors (Lipinski definition) is 0. The van der Waals surface area contributed by atoms with Crippen LogP contribution in [0.3, 0.4) is 0 Å². The van der Waals surface area contributed by atoms with Crippen molar-refractivity contribution >= 4 is 40.7 Å². The second-order valence-electron chi connectivity index (χ2n) is 7.51. The molecule has 0 saturated carbocycles. The summed E-state index contributed by atoms with van der Waals surface area (Å²) in [5.41, 5.74) is 2.15. The average Bonchev–Trinajstić information content (AvgIpc) is 3.16. The van der Waals surface area contributed by atoms with Gasteiger partial charge in [-0.2, -0.15) is 5.26 Å². The summed E-state index contributed by atoms with van der Waals surface area (Å²) in [5, 5.41) is 9.98. The van der Waals surface area contributed by atoms with Gasteiger partial charge in [0.15, 0.2) is 5.57 Å². The first-order chi connectivity index (χ1) is 16.0. The number of thioether (sulfide) groups is 1. The van der Waals surface area contributed by atoms with Crippen molar-refractivity contribution in [1.29, 1.82) is 5.26 Å². The Labute approximate surface area is 200 Å². The van der Waals surface area contributed by atoms with Crippen molar-refractivity contribution in [3.8, 4) is 11.8 Å². The summed E-state index contributed by atoms with van der Waals surface area (Å²) in [4.78, 5) is 29.5. The summed E-state index contributed by atoms with van der Waals surface area (Å²) in [6.45, 7) is 3.62. The molecule has 1 aliphatic heterocycles. The lowest BCUT2D eigenvalue weighted by Crippen LogP contribution is -2.42. The smallest absolute Gasteiger partial charge is 0.273 e. The number of aromatic nitrogens is 1. The molecule has 8 heteroatoms. The number of carbonyl (C=O) groups is 1. The average molecular weight is 478 g/mol. The number of benzene rings is 2. The zero-order chi connectivity index (χ0) is 23.4. The first-order valence-corrected chi connectivity index (χ1v) is 12.5. The van der Waals surface area contributed by atoms with E-state index in [0.717, 1.165) is 16.0 Å². The lowest BCUT2D eigenvalue weighted by Gasteiger charge is -2.26. The van der Waals surface area contributed by atoms with Gasteiger partial charge in [0, 0.05) is 18.0 Å². The monoisotopic (exact) mass is 477 g/mol. The van der Waals surface area contributed by atoms with Crippen LogP contribution in [0.1, 0.15) is 11.1 Å². The van der Waals surface area contributed by atoms with Gasteiger partial charge in [-0.15, -0.1) is 23.1 Å². The maximum Gasteiger partial charge on any atom is 0.273 e. The van der Waals surface area contributed by atoms with Crippen molar-refractivity contribution in [2.24, 2.45) is 0 Å². The van der Waals surface area contributed by atoms with Crippen LogP contribution in [0, 0.1) is 18.3 Å². The molecule has 1 aliphatic rings. The normalized spacial score (nSPS) is 15.3. The van der Waals surface area contributed by atoms with Crippen LogP contribution < -0.4 is 14.8 Å². The van der Waals surface area contributed by atoms with Gasteiger partial charge in [-0.25, -0.2) is 0 Å². The van der Waals surface area contributed by atoms with Gasteiger partial charge in [0.1, 0.15) is 10.7 Å². The van der Waals surface area contributed by atoms with Gasteiger partial charge in [0.25, 0.3) is 11.5 Å². The molecule has 1 saturated heterocycles. The number of nitriles is 1. The molecule has 168 valence electrons. The summed E-state index contributed by atoms with van der Waals surface area (Å²) >= 11 is 2.82. The predicted octanol–water partition coefficient (Wildman–Crippen LogP) is 2.29. The maximum absolute atomic E-state index is 13.6. The Hall–Kier alpha value is -3.12. The fourth-order valence-corrected chi connectivity index (χ4v) is 5.14. The highest BCUT2D eigenvalue weighted by Gasteiger charge is 2.24. The minimum atomic E-state index is -0.375. The van der Waals surface area contributed by atoms with Crippen LogP contribution in [0.25, 0.3) is 17.3 Å². The molecule has 0 atom stereocenters. The van der Waals surface area contributed by atoms with Crippen molar-refractivity contribution < 1.29 is 9.53 Å². The van der Waals surface area contributed by atoms with Crippen LogP contribution in [0.4, 0.5) is 0 Å². The molecule has 6 nitrogen and oxygen atoms in total. The van der Waals surface area contributed by atoms with Crippen LogP contribution in [0.5, 0.6) is 0 Å². The van der Waals surface area contributed by atoms with Gasteiger partial charge in [-0.05, 0) is 48.6 Å². The Kier molecular flexibility index (Phi) is 7.14. The van der Waals surface area contributed by atoms with Gasteiger partial charge in [0.05, 0.1) is 23.4 Å². The molecule has 3 aromatic rings. The number of ether oxygens (including phenoxy) is 1. The Morgan fingerprint density at radius 1 is 1.15 bits per heavy atom. The molecule has 1 fully saturated rings. The summed E-state index contributed by atoms with van der Waals surface area (Å²) in [5.74, 6) is -0.375. The standard InChI is InChI=1S/C25H23N3O3S2/c1-17-5-3-4-6-21(17)28-24(30)22(15-18-7-9-19(32-2)10-8-18)33-25(28)20(16-26)23(29)27-11-13-31-14-12-27/h3-10,15H,11-14H2,1-2H3. The molecule has 0 aliphatic carbocycles. The fraction of sp³-hybridized carbons (Fsp3) is 0.240. The van der Waals surface area contributed by atoms with Gasteiger partial charge >= 0.3 is 0 Å². The second-order valence-corrected chi connectivity index (χ2v) is 9.42. The highest BCUT2D eigenvalue weighted by Crippen LogP contribution is 2.15. The van der Waals surface area contributed by atoms with Crippen LogP contribution in [0.15, 0.2) is 58.2 Å². The molecule has 2 heterocycles. The zero-order valence-electron chi connectivity index (χ0n) is 18.4. The topological polar surface area (TPSA) is 75.3 Å². The van der Waals surface area contributed by atoms with E-state index in [2.05, 4.69) is 6.07 Å². The van der Waals surface area contributed by atoms with Gasteiger partial charge in [-0.3, -0.25) is 14.2 Å². The van der Waals surface area contributed by atoms with E-state index < -0.39 is 0 Å². The summed E-state index contributed by atoms with van der Waals surface area (Å²) in [6, 6.07) is 17.5. The quantitative estimate of drug-likeness (QED) is 0.539. The molecule has 0 radical (unpaired) electrons. The van der Waals surface area contributed by atoms with Crippen molar-refractivity contribution in [3.63, 3.8) is 0 Å². The highest BCUT2D eigenvalue weighted by atomic mass is 32.2. The number of para-hydroxylation sites is 1. The van der Waals surface area contributed by atoms with Crippen LogP contribution in [0.2, 0.25) is 0 Å². The Balaban J connectivity index is 1.98. The molecular weight excluding hydrogens is 454 g/mol. The molecule has 4 rings (SSSR count). The molecule has 0 N–H and O–H groups in total. The molecule has 2 aromatic carbocycles. The highest BCUT2D eigenvalue weighted by molar-refractivity contribution is 7.98. The van der Waals surface area contributed by atoms with Crippen LogP contribution in [-0.2, 0) is 9.53 Å². The van der Waals surface area contributed by atoms with Gasteiger partial charge in [0.2, 0.25) is 0 Å². The van der Waals surface area contributed by atoms with E-state index in [1.54, 1.807) is 16.7 Å². The number of amides is 1. The largest absolute Gasteiger partial charge is 0.378 e. The van der Waals surface area contributed by atoms with Crippen LogP contribution >= 0.6 is 23.1 Å². The minimum absolute atomic E-state index is 0.0281. The van der Waals surface area contributed by atoms with E-state index in [9.17, 15) is 14.9 Å². The fourth-order valence-electron chi connectivity index (χ4n) is 3.65. The first kappa shape index (κ1) is 23.1. The van der Waals surface area contributed by atoms with E-state index in [1.807, 2.05) is 67.8 Å². The molecule has 1 aromatic heterocycles. The maximum atomic E-state index is 13.6. The van der Waals surface area contributed by atoms with E-state index >= 15 is 0 Å². The van der Waals surface area contributed by atoms with Gasteiger partial charge < -0.3 is 9.64 Å². The van der Waals surface area contributed by atoms with Gasteiger partial charge in [-0.1, -0.05) is 30.3 Å². The number of aryl methyl sites for hydroxylation is 1. The Morgan fingerprint density at radius 3 is 2.48 bits per heavy atom. The number of carbonyl (C=O) groups excluding carboxylic acids is 1. The molecule has 0 bridgehead atoms. The first-order valence-electron chi connectivity index (χ1n) is 10.5. The van der Waals surface area contributed by atoms with Crippen molar-refractivity contribution in [1.82, 2.24) is 9.47 Å². The van der Waals surface area contributed by atoms with E-state index in [0.29, 0.717) is 41.2 Å². The van der Waals surface area contributed by atoms with Crippen molar-refractivity contribution in [2.75, 3.05) is 32.6 Å². The van der Waals surface area contributed by atoms with E-state index in [4.69, 9.17) is 4.74 Å². The molecule has 1 amide bonds. The van der Waals surface area contributed by atoms with E-state index in [-0.39, 0.29) is 17.0 Å². The molecular formula is C25H23N3O3S2. The summed E-state index contributed by atoms with van der Waals surface area (Å²) < 4.78 is 7.65. The number of thiazole rings is 1. The number of rotatable bonds is 4.